The van der Waals surface area contributed by atoms with Crippen LogP contribution in [0.2, 0.25) is 0 Å². The highest BCUT2D eigenvalue weighted by Crippen LogP contribution is 2.40. The predicted molar refractivity (Wildman–Crippen MR) is 187 cm³/mol. The number of rotatable bonds is 9. The summed E-state index contributed by atoms with van der Waals surface area (Å²) >= 11 is 0. The van der Waals surface area contributed by atoms with Gasteiger partial charge >= 0.3 is 6.09 Å². The second-order valence-corrected chi connectivity index (χ2v) is 14.4. The third-order valence-corrected chi connectivity index (χ3v) is 11.0. The van der Waals surface area contributed by atoms with Crippen molar-refractivity contribution >= 4 is 39.8 Å². The van der Waals surface area contributed by atoms with Crippen LogP contribution in [0, 0.1) is 17.8 Å². The number of amides is 2. The average Bonchev–Trinajstić information content (AvgIpc) is 4.02. The van der Waals surface area contributed by atoms with Crippen LogP contribution in [0.3, 0.4) is 0 Å². The van der Waals surface area contributed by atoms with Gasteiger partial charge in [-0.1, -0.05) is 12.1 Å². The van der Waals surface area contributed by atoms with Gasteiger partial charge in [0, 0.05) is 54.4 Å². The van der Waals surface area contributed by atoms with Crippen LogP contribution < -0.4 is 15.8 Å². The van der Waals surface area contributed by atoms with Crippen molar-refractivity contribution in [3.05, 3.63) is 60.2 Å². The minimum atomic E-state index is -0.421. The van der Waals surface area contributed by atoms with Gasteiger partial charge in [-0.2, -0.15) is 0 Å². The molecule has 9 rings (SSSR count). The normalized spacial score (nSPS) is 21.5. The summed E-state index contributed by atoms with van der Waals surface area (Å²) in [7, 11) is 3.64. The molecule has 252 valence electrons. The number of benzene rings is 2. The second kappa shape index (κ2) is 11.6. The summed E-state index contributed by atoms with van der Waals surface area (Å²) < 4.78 is 15.5. The van der Waals surface area contributed by atoms with Crippen LogP contribution in [-0.2, 0) is 18.3 Å². The lowest BCUT2D eigenvalue weighted by Crippen LogP contribution is -2.41. The Bertz CT molecular complexity index is 2110. The molecular weight excluding hydrogens is 618 g/mol. The molecule has 4 fully saturated rings. The van der Waals surface area contributed by atoms with Crippen molar-refractivity contribution in [2.75, 3.05) is 25.6 Å². The molecule has 4 heterocycles. The fourth-order valence-corrected chi connectivity index (χ4v) is 7.84. The first-order valence-electron chi connectivity index (χ1n) is 17.5. The number of fused-ring (bicyclic) bond motifs is 4. The number of hydrogen-bond donors (Lipinski definition) is 2. The van der Waals surface area contributed by atoms with Gasteiger partial charge in [0.05, 0.1) is 30.6 Å². The zero-order valence-electron chi connectivity index (χ0n) is 27.9. The number of nitrogens with zero attached hydrogens (tertiary/aromatic N) is 5. The van der Waals surface area contributed by atoms with Gasteiger partial charge in [-0.25, -0.2) is 14.8 Å². The fourth-order valence-electron chi connectivity index (χ4n) is 7.84. The van der Waals surface area contributed by atoms with E-state index in [0.717, 1.165) is 77.1 Å². The first kappa shape index (κ1) is 30.2. The van der Waals surface area contributed by atoms with E-state index in [1.165, 1.54) is 12.8 Å². The number of pyridine rings is 1. The van der Waals surface area contributed by atoms with E-state index >= 15 is 0 Å². The molecule has 2 amide bonds. The Balaban J connectivity index is 1.05. The predicted octanol–water partition coefficient (Wildman–Crippen LogP) is 6.20. The molecule has 0 spiro atoms. The highest BCUT2D eigenvalue weighted by atomic mass is 16.5. The lowest BCUT2D eigenvalue weighted by molar-refractivity contribution is 0.0700. The van der Waals surface area contributed by atoms with Gasteiger partial charge in [-0.3, -0.25) is 10.1 Å². The number of anilines is 1. The fraction of sp³-hybridized carbons (Fsp3) is 0.421. The zero-order chi connectivity index (χ0) is 33.4. The van der Waals surface area contributed by atoms with Crippen LogP contribution >= 0.6 is 0 Å². The zero-order valence-corrected chi connectivity index (χ0v) is 27.9. The lowest BCUT2D eigenvalue weighted by atomic mass is 10.1. The second-order valence-electron chi connectivity index (χ2n) is 14.4. The number of likely N-dealkylation sites (tertiary alicyclic amines) is 1. The van der Waals surface area contributed by atoms with Crippen molar-refractivity contribution < 1.29 is 19.1 Å². The molecule has 3 atom stereocenters. The Hall–Kier alpha value is -4.90. The third-order valence-electron chi connectivity index (χ3n) is 11.0. The minimum absolute atomic E-state index is 0.00745. The highest BCUT2D eigenvalue weighted by Gasteiger charge is 2.47. The van der Waals surface area contributed by atoms with Gasteiger partial charge in [0.1, 0.15) is 16.9 Å². The average molecular weight is 660 g/mol. The SMILES string of the molecule is COc1cc(C(=O)N2CC3CCC2[C@@H]3N)cc2nc(-c3cc4ccc(-c5ccc(NC(=O)OCC6CC6)cc5)nc4n3CC3CC3)n(C)c12. The molecule has 4 aliphatic rings. The van der Waals surface area contributed by atoms with E-state index in [-0.39, 0.29) is 18.0 Å². The monoisotopic (exact) mass is 659 g/mol. The van der Waals surface area contributed by atoms with Crippen LogP contribution in [-0.4, -0.2) is 68.3 Å². The number of carbonyl (C=O) groups is 2. The standard InChI is InChI=1S/C38H41N7O4/c1-43-34-29(15-26(17-32(34)48-2)37(46)45-19-25-10-14-30(45)33(25)39)42-36(43)31-16-24-9-13-28(41-35(24)44(31)18-21-3-4-21)23-7-11-27(12-8-23)40-38(47)49-20-22-5-6-22/h7-9,11-13,15-17,21-22,25,30,33H,3-6,10,14,18-20,39H2,1-2H3,(H,40,47)/t25?,30?,33-/m1/s1. The number of nitrogens with one attached hydrogen (secondary N) is 1. The Labute approximate surface area is 284 Å². The van der Waals surface area contributed by atoms with Crippen LogP contribution in [0.1, 0.15) is 48.9 Å². The molecule has 1 saturated heterocycles. The number of aryl methyl sites for hydroxylation is 1. The van der Waals surface area contributed by atoms with Crippen LogP contribution in [0.5, 0.6) is 5.75 Å². The molecule has 3 aromatic heterocycles. The highest BCUT2D eigenvalue weighted by molar-refractivity contribution is 6.00. The first-order valence-corrected chi connectivity index (χ1v) is 17.5. The number of imidazole rings is 1. The van der Waals surface area contributed by atoms with E-state index in [4.69, 9.17) is 25.2 Å². The quantitative estimate of drug-likeness (QED) is 0.193. The molecule has 11 heteroatoms. The summed E-state index contributed by atoms with van der Waals surface area (Å²) in [4.78, 5) is 38.2. The Kier molecular flexibility index (Phi) is 7.15. The number of methoxy groups -OCH3 is 1. The molecule has 2 unspecified atom stereocenters. The topological polar surface area (TPSA) is 130 Å². The summed E-state index contributed by atoms with van der Waals surface area (Å²) in [6, 6.07) is 17.9. The van der Waals surface area contributed by atoms with Gasteiger partial charge in [0.15, 0.2) is 5.82 Å². The molecule has 11 nitrogen and oxygen atoms in total. The van der Waals surface area contributed by atoms with Crippen molar-refractivity contribution in [2.45, 2.75) is 57.2 Å². The molecule has 49 heavy (non-hydrogen) atoms. The Morgan fingerprint density at radius 3 is 2.45 bits per heavy atom. The maximum atomic E-state index is 13.8. The molecule has 0 radical (unpaired) electrons. The molecule has 5 aromatic rings. The number of piperidine rings is 1. The van der Waals surface area contributed by atoms with E-state index < -0.39 is 6.09 Å². The maximum absolute atomic E-state index is 13.8. The maximum Gasteiger partial charge on any atom is 0.411 e. The molecule has 3 N–H and O–H groups in total. The van der Waals surface area contributed by atoms with Crippen molar-refractivity contribution in [1.82, 2.24) is 24.0 Å². The van der Waals surface area contributed by atoms with Crippen molar-refractivity contribution in [3.8, 4) is 28.5 Å². The van der Waals surface area contributed by atoms with Crippen molar-refractivity contribution in [1.29, 1.82) is 0 Å². The van der Waals surface area contributed by atoms with E-state index in [9.17, 15) is 9.59 Å². The van der Waals surface area contributed by atoms with Crippen molar-refractivity contribution in [3.63, 3.8) is 0 Å². The molecule has 3 aliphatic carbocycles. The number of aromatic nitrogens is 4. The summed E-state index contributed by atoms with van der Waals surface area (Å²) in [6.45, 7) is 2.04. The third kappa shape index (κ3) is 5.40. The molecule has 3 saturated carbocycles. The number of nitrogens with two attached hydrogens (primary N) is 1. The molecule has 2 bridgehead atoms. The number of carbonyl (C=O) groups excluding carboxylic acids is 2. The summed E-state index contributed by atoms with van der Waals surface area (Å²) in [6.07, 6.45) is 6.30. The molecule has 1 aliphatic heterocycles. The van der Waals surface area contributed by atoms with E-state index in [1.54, 1.807) is 7.11 Å². The van der Waals surface area contributed by atoms with Gasteiger partial charge in [0.2, 0.25) is 0 Å². The summed E-state index contributed by atoms with van der Waals surface area (Å²) in [5.74, 6) is 2.91. The number of ether oxygens (including phenoxy) is 2. The van der Waals surface area contributed by atoms with Gasteiger partial charge in [0.25, 0.3) is 5.91 Å². The van der Waals surface area contributed by atoms with Gasteiger partial charge in [-0.15, -0.1) is 0 Å². The molecular formula is C38H41N7O4. The van der Waals surface area contributed by atoms with Gasteiger partial charge in [-0.05, 0) is 98.7 Å². The van der Waals surface area contributed by atoms with Crippen LogP contribution in [0.4, 0.5) is 10.5 Å². The Morgan fingerprint density at radius 2 is 1.76 bits per heavy atom. The van der Waals surface area contributed by atoms with E-state index in [2.05, 4.69) is 26.6 Å². The summed E-state index contributed by atoms with van der Waals surface area (Å²) in [5, 5.41) is 3.85. The van der Waals surface area contributed by atoms with E-state index in [0.29, 0.717) is 47.9 Å². The molecule has 2 aromatic carbocycles. The largest absolute Gasteiger partial charge is 0.494 e. The Morgan fingerprint density at radius 1 is 0.959 bits per heavy atom. The van der Waals surface area contributed by atoms with E-state index in [1.807, 2.05) is 54.4 Å². The summed E-state index contributed by atoms with van der Waals surface area (Å²) in [5.41, 5.74) is 12.9. The minimum Gasteiger partial charge on any atom is -0.494 e. The first-order chi connectivity index (χ1) is 23.8. The van der Waals surface area contributed by atoms with Crippen LogP contribution in [0.15, 0.2) is 54.6 Å². The van der Waals surface area contributed by atoms with Gasteiger partial charge < -0.3 is 29.2 Å². The lowest BCUT2D eigenvalue weighted by Gasteiger charge is -2.27. The smallest absolute Gasteiger partial charge is 0.411 e. The number of hydrogen-bond acceptors (Lipinski definition) is 7. The van der Waals surface area contributed by atoms with Crippen LogP contribution in [0.25, 0.3) is 44.8 Å². The van der Waals surface area contributed by atoms with Crippen molar-refractivity contribution in [2.24, 2.45) is 30.5 Å².